The minimum absolute atomic E-state index is 0.0472. The second kappa shape index (κ2) is 5.44. The summed E-state index contributed by atoms with van der Waals surface area (Å²) >= 11 is 0. The summed E-state index contributed by atoms with van der Waals surface area (Å²) in [6.45, 7) is 0. The Kier molecular flexibility index (Phi) is 4.19. The summed E-state index contributed by atoms with van der Waals surface area (Å²) in [4.78, 5) is 10.3. The number of rotatable bonds is 4. The van der Waals surface area contributed by atoms with Crippen LogP contribution in [0.4, 0.5) is 13.2 Å². The van der Waals surface area contributed by atoms with Crippen molar-refractivity contribution in [2.24, 2.45) is 0 Å². The van der Waals surface area contributed by atoms with Gasteiger partial charge in [0, 0.05) is 11.6 Å². The third kappa shape index (κ3) is 4.36. The predicted octanol–water partition coefficient (Wildman–Crippen LogP) is 2.69. The molecule has 0 radical (unpaired) electrons. The van der Waals surface area contributed by atoms with Crippen LogP contribution < -0.4 is 9.47 Å². The highest BCUT2D eigenvalue weighted by Crippen LogP contribution is 2.30. The van der Waals surface area contributed by atoms with Crippen LogP contribution in [-0.4, -0.2) is 24.5 Å². The molecule has 0 aliphatic rings. The van der Waals surface area contributed by atoms with E-state index < -0.39 is 18.1 Å². The van der Waals surface area contributed by atoms with Crippen LogP contribution in [0.5, 0.6) is 11.5 Å². The van der Waals surface area contributed by atoms with Gasteiger partial charge in [0.2, 0.25) is 0 Å². The fraction of sp³-hybridized carbons (Fsp3) is 0.182. The zero-order chi connectivity index (χ0) is 13.8. The summed E-state index contributed by atoms with van der Waals surface area (Å²) in [7, 11) is 1.34. The number of hydrogen-bond donors (Lipinski definition) is 1. The molecule has 4 nitrogen and oxygen atoms in total. The van der Waals surface area contributed by atoms with Crippen molar-refractivity contribution in [3.05, 3.63) is 29.8 Å². The number of alkyl halides is 3. The van der Waals surface area contributed by atoms with Crippen LogP contribution in [0.1, 0.15) is 5.56 Å². The lowest BCUT2D eigenvalue weighted by Crippen LogP contribution is -2.17. The van der Waals surface area contributed by atoms with E-state index in [4.69, 9.17) is 9.84 Å². The van der Waals surface area contributed by atoms with E-state index in [9.17, 15) is 18.0 Å². The highest BCUT2D eigenvalue weighted by atomic mass is 19.4. The first-order valence-electron chi connectivity index (χ1n) is 4.66. The van der Waals surface area contributed by atoms with Crippen molar-refractivity contribution < 1.29 is 32.5 Å². The molecule has 0 saturated heterocycles. The van der Waals surface area contributed by atoms with Crippen LogP contribution in [0.15, 0.2) is 24.3 Å². The Labute approximate surface area is 100 Å². The van der Waals surface area contributed by atoms with E-state index in [1.807, 2.05) is 0 Å². The van der Waals surface area contributed by atoms with E-state index in [1.165, 1.54) is 19.2 Å². The highest BCUT2D eigenvalue weighted by Gasteiger charge is 2.31. The molecule has 0 aliphatic heterocycles. The lowest BCUT2D eigenvalue weighted by molar-refractivity contribution is -0.274. The average Bonchev–Trinajstić information content (AvgIpc) is 2.25. The van der Waals surface area contributed by atoms with Crippen LogP contribution >= 0.6 is 0 Å². The van der Waals surface area contributed by atoms with Crippen LogP contribution in [0.2, 0.25) is 0 Å². The molecule has 0 fully saturated rings. The minimum atomic E-state index is -4.85. The standard InChI is InChI=1S/C11H9F3O4/c1-17-8-3-4-9(18-11(12,13)14)7(6-8)2-5-10(15)16/h2-6H,1H3,(H,15,16). The molecule has 7 heteroatoms. The Morgan fingerprint density at radius 3 is 2.56 bits per heavy atom. The molecule has 0 aliphatic carbocycles. The van der Waals surface area contributed by atoms with Gasteiger partial charge in [0.25, 0.3) is 0 Å². The second-order valence-corrected chi connectivity index (χ2v) is 3.12. The molecule has 0 amide bonds. The average molecular weight is 262 g/mol. The first-order chi connectivity index (χ1) is 8.31. The topological polar surface area (TPSA) is 55.8 Å². The number of benzene rings is 1. The van der Waals surface area contributed by atoms with E-state index in [-0.39, 0.29) is 11.3 Å². The van der Waals surface area contributed by atoms with Gasteiger partial charge in [-0.25, -0.2) is 4.79 Å². The van der Waals surface area contributed by atoms with Crippen molar-refractivity contribution in [2.75, 3.05) is 7.11 Å². The van der Waals surface area contributed by atoms with Gasteiger partial charge < -0.3 is 14.6 Å². The molecular weight excluding hydrogens is 253 g/mol. The second-order valence-electron chi connectivity index (χ2n) is 3.12. The molecule has 0 aromatic heterocycles. The predicted molar refractivity (Wildman–Crippen MR) is 56.3 cm³/mol. The molecule has 1 rings (SSSR count). The van der Waals surface area contributed by atoms with Gasteiger partial charge in [-0.3, -0.25) is 0 Å². The monoisotopic (exact) mass is 262 g/mol. The fourth-order valence-corrected chi connectivity index (χ4v) is 1.16. The summed E-state index contributed by atoms with van der Waals surface area (Å²) in [6, 6.07) is 3.56. The Hall–Kier alpha value is -2.18. The van der Waals surface area contributed by atoms with Gasteiger partial charge in [-0.05, 0) is 24.3 Å². The largest absolute Gasteiger partial charge is 0.573 e. The molecule has 0 unspecified atom stereocenters. The number of methoxy groups -OCH3 is 1. The Morgan fingerprint density at radius 2 is 2.06 bits per heavy atom. The van der Waals surface area contributed by atoms with Gasteiger partial charge in [0.1, 0.15) is 11.5 Å². The van der Waals surface area contributed by atoms with Crippen molar-refractivity contribution >= 4 is 12.0 Å². The summed E-state index contributed by atoms with van der Waals surface area (Å²) in [6.07, 6.45) is -3.15. The third-order valence-corrected chi connectivity index (χ3v) is 1.85. The summed E-state index contributed by atoms with van der Waals surface area (Å²) < 4.78 is 44.9. The number of hydrogen-bond acceptors (Lipinski definition) is 3. The molecule has 98 valence electrons. The first-order valence-corrected chi connectivity index (χ1v) is 4.66. The van der Waals surface area contributed by atoms with E-state index in [1.54, 1.807) is 0 Å². The maximum atomic E-state index is 12.1. The molecule has 0 saturated carbocycles. The lowest BCUT2D eigenvalue weighted by atomic mass is 10.1. The quantitative estimate of drug-likeness (QED) is 0.847. The normalized spacial score (nSPS) is 11.6. The van der Waals surface area contributed by atoms with Gasteiger partial charge in [-0.2, -0.15) is 0 Å². The van der Waals surface area contributed by atoms with Crippen LogP contribution in [0.3, 0.4) is 0 Å². The fourth-order valence-electron chi connectivity index (χ4n) is 1.16. The third-order valence-electron chi connectivity index (χ3n) is 1.85. The Balaban J connectivity index is 3.12. The van der Waals surface area contributed by atoms with Crippen molar-refractivity contribution in [2.45, 2.75) is 6.36 Å². The van der Waals surface area contributed by atoms with Crippen molar-refractivity contribution in [1.29, 1.82) is 0 Å². The number of carboxylic acids is 1. The smallest absolute Gasteiger partial charge is 0.497 e. The molecule has 0 spiro atoms. The van der Waals surface area contributed by atoms with Gasteiger partial charge in [0.15, 0.2) is 0 Å². The molecule has 1 N–H and O–H groups in total. The van der Waals surface area contributed by atoms with Crippen molar-refractivity contribution in [3.8, 4) is 11.5 Å². The molecule has 0 atom stereocenters. The maximum Gasteiger partial charge on any atom is 0.573 e. The van der Waals surface area contributed by atoms with Gasteiger partial charge >= 0.3 is 12.3 Å². The van der Waals surface area contributed by atoms with Crippen molar-refractivity contribution in [1.82, 2.24) is 0 Å². The number of carbonyl (C=O) groups is 1. The lowest BCUT2D eigenvalue weighted by Gasteiger charge is -2.12. The van der Waals surface area contributed by atoms with Gasteiger partial charge in [0.05, 0.1) is 7.11 Å². The number of aliphatic carboxylic acids is 1. The first kappa shape index (κ1) is 13.9. The van der Waals surface area contributed by atoms with Crippen LogP contribution in [0, 0.1) is 0 Å². The van der Waals surface area contributed by atoms with E-state index in [0.29, 0.717) is 6.08 Å². The number of halogens is 3. The molecular formula is C11H9F3O4. The van der Waals surface area contributed by atoms with Gasteiger partial charge in [-0.1, -0.05) is 0 Å². The SMILES string of the molecule is COc1ccc(OC(F)(F)F)c(C=CC(=O)O)c1. The molecule has 1 aromatic rings. The molecule has 0 bridgehead atoms. The van der Waals surface area contributed by atoms with Gasteiger partial charge in [-0.15, -0.1) is 13.2 Å². The Bertz CT molecular complexity index is 466. The molecule has 18 heavy (non-hydrogen) atoms. The van der Waals surface area contributed by atoms with Crippen LogP contribution in [-0.2, 0) is 4.79 Å². The summed E-state index contributed by atoms with van der Waals surface area (Å²) in [5.74, 6) is -1.49. The summed E-state index contributed by atoms with van der Waals surface area (Å²) in [5.41, 5.74) is -0.0472. The zero-order valence-electron chi connectivity index (χ0n) is 9.19. The maximum absolute atomic E-state index is 12.1. The highest BCUT2D eigenvalue weighted by molar-refractivity contribution is 5.86. The van der Waals surface area contributed by atoms with E-state index >= 15 is 0 Å². The Morgan fingerprint density at radius 1 is 1.39 bits per heavy atom. The minimum Gasteiger partial charge on any atom is -0.497 e. The summed E-state index contributed by atoms with van der Waals surface area (Å²) in [5, 5.41) is 8.44. The zero-order valence-corrected chi connectivity index (χ0v) is 9.19. The van der Waals surface area contributed by atoms with Crippen LogP contribution in [0.25, 0.3) is 6.08 Å². The molecule has 0 heterocycles. The number of ether oxygens (including phenoxy) is 2. The van der Waals surface area contributed by atoms with E-state index in [2.05, 4.69) is 4.74 Å². The van der Waals surface area contributed by atoms with E-state index in [0.717, 1.165) is 12.1 Å². The molecule has 1 aromatic carbocycles. The number of carboxylic acid groups (broad SMARTS) is 1. The van der Waals surface area contributed by atoms with Crippen molar-refractivity contribution in [3.63, 3.8) is 0 Å².